The number of halogens is 3. The Bertz CT molecular complexity index is 3370. The number of aliphatic hydroxyl groups excluding tert-OH is 1. The van der Waals surface area contributed by atoms with Crippen LogP contribution >= 0.6 is 0 Å². The number of nitrogens with two attached hydrogens (primary N) is 4. The van der Waals surface area contributed by atoms with Crippen molar-refractivity contribution in [3.05, 3.63) is 35.9 Å². The van der Waals surface area contributed by atoms with E-state index >= 15 is 0 Å². The summed E-state index contributed by atoms with van der Waals surface area (Å²) in [6.07, 6.45) is -9.69. The average Bonchev–Trinajstić information content (AvgIpc) is 1.72. The van der Waals surface area contributed by atoms with E-state index < -0.39 is 255 Å². The Balaban J connectivity index is 0.00000805. The minimum atomic E-state index is -5.08. The zero-order valence-electron chi connectivity index (χ0n) is 60.4. The van der Waals surface area contributed by atoms with Gasteiger partial charge in [0.25, 0.3) is 0 Å². The van der Waals surface area contributed by atoms with E-state index in [1.54, 1.807) is 51.1 Å². The zero-order valence-corrected chi connectivity index (χ0v) is 60.4. The van der Waals surface area contributed by atoms with Crippen molar-refractivity contribution in [1.29, 1.82) is 0 Å². The molecule has 0 bridgehead atoms. The number of hydrogen-bond acceptors (Lipinski definition) is 22. The number of carbonyl (C=O) groups is 19. The van der Waals surface area contributed by atoms with Gasteiger partial charge in [-0.15, -0.1) is 0 Å². The summed E-state index contributed by atoms with van der Waals surface area (Å²) in [5.41, 5.74) is 23.1. The lowest BCUT2D eigenvalue weighted by atomic mass is 9.97. The molecule has 1 aliphatic rings. The number of amides is 14. The van der Waals surface area contributed by atoms with Crippen LogP contribution in [0.2, 0.25) is 0 Å². The highest BCUT2D eigenvalue weighted by molar-refractivity contribution is 6.01. The van der Waals surface area contributed by atoms with Gasteiger partial charge in [0.05, 0.1) is 32.0 Å². The van der Waals surface area contributed by atoms with Crippen molar-refractivity contribution in [3.63, 3.8) is 0 Å². The first kappa shape index (κ1) is 95.8. The van der Waals surface area contributed by atoms with E-state index in [4.69, 9.17) is 37.9 Å². The predicted molar refractivity (Wildman–Crippen MR) is 369 cm³/mol. The molecule has 0 unspecified atom stereocenters. The molecule has 0 saturated carbocycles. The van der Waals surface area contributed by atoms with Gasteiger partial charge in [0, 0.05) is 32.2 Å². The molecule has 1 aromatic rings. The molecule has 14 atom stereocenters. The minimum absolute atomic E-state index is 0.0573. The zero-order chi connectivity index (χ0) is 83.2. The van der Waals surface area contributed by atoms with Gasteiger partial charge in [-0.3, -0.25) is 86.3 Å². The molecule has 1 saturated heterocycles. The van der Waals surface area contributed by atoms with Crippen molar-refractivity contribution >= 4 is 113 Å². The van der Waals surface area contributed by atoms with Crippen LogP contribution in [0, 0.1) is 11.8 Å². The molecule has 610 valence electrons. The first-order valence-electron chi connectivity index (χ1n) is 34.4. The second-order valence-corrected chi connectivity index (χ2v) is 25.4. The van der Waals surface area contributed by atoms with Gasteiger partial charge in [-0.05, 0) is 82.2 Å². The second-order valence-electron chi connectivity index (χ2n) is 25.4. The van der Waals surface area contributed by atoms with E-state index in [-0.39, 0.29) is 51.1 Å². The van der Waals surface area contributed by atoms with Crippen LogP contribution in [0.1, 0.15) is 136 Å². The summed E-state index contributed by atoms with van der Waals surface area (Å²) in [6, 6.07) is -10.8. The van der Waals surface area contributed by atoms with Crippen LogP contribution in [-0.4, -0.2) is 253 Å². The first-order valence-corrected chi connectivity index (χ1v) is 34.4. The van der Waals surface area contributed by atoms with Crippen molar-refractivity contribution in [3.8, 4) is 0 Å². The molecule has 44 heteroatoms. The number of unbranched alkanes of at least 4 members (excludes halogenated alkanes) is 1. The number of rotatable bonds is 48. The molecule has 1 fully saturated rings. The number of carboxylic acids is 5. The molecule has 41 nitrogen and oxygen atoms in total. The summed E-state index contributed by atoms with van der Waals surface area (Å²) in [6.45, 7) is 6.01. The Labute approximate surface area is 621 Å². The van der Waals surface area contributed by atoms with Crippen molar-refractivity contribution in [2.75, 3.05) is 26.2 Å². The molecule has 14 amide bonds. The molecule has 0 aliphatic carbocycles. The second kappa shape index (κ2) is 48.2. The Morgan fingerprint density at radius 1 is 0.523 bits per heavy atom. The molecule has 2 rings (SSSR count). The number of carboxylic acid groups (broad SMARTS) is 5. The van der Waals surface area contributed by atoms with Crippen molar-refractivity contribution in [2.24, 2.45) is 34.8 Å². The van der Waals surface area contributed by atoms with Gasteiger partial charge in [0.2, 0.25) is 82.7 Å². The third kappa shape index (κ3) is 35.9. The molecule has 1 heterocycles. The topological polar surface area (TPSA) is 685 Å². The summed E-state index contributed by atoms with van der Waals surface area (Å²) in [5.74, 6) is -25.0. The Hall–Kier alpha value is -11.2. The third-order valence-corrected chi connectivity index (χ3v) is 16.8. The predicted octanol–water partition coefficient (Wildman–Crippen LogP) is -6.19. The number of hydrogen-bond donors (Lipinski definition) is 21. The molecule has 0 aromatic heterocycles. The quantitative estimate of drug-likeness (QED) is 0.0270. The van der Waals surface area contributed by atoms with Crippen LogP contribution in [0.3, 0.4) is 0 Å². The van der Waals surface area contributed by atoms with E-state index in [2.05, 4.69) is 53.2 Å². The van der Waals surface area contributed by atoms with Crippen LogP contribution in [0.4, 0.5) is 13.2 Å². The standard InChI is InChI=1S/C63H98N16O23.C2HF3O2/c1-6-31(3)50(52(67)91)77-61(100)43-17-13-25-79(43)63(102)41(26-34-14-9-8-10-15-34)75-55(94)36(16-11-12-24-64)71-53(92)33(5)69-60(99)42(30-80)76-58(97)39(27-44(66)81)74-57(96)38(20-23-48(87)88)72-56(95)37(19-22-47(85)86)73-59(98)40(28-49(89)90)70-45(82)29-68-62(101)51(32(4)7-2)78-54(93)35(65)18-21-46(83)84;3-2(4,5)1(6)7/h8-10,14-15,31-33,35-43,50-51,80H,6-7,11-13,16-30,64-65H2,1-5H3,(H2,66,81)(H2,67,91)(H,68,101)(H,69,99)(H,70,82)(H,71,92)(H,72,95)(H,73,98)(H,74,96)(H,75,94)(H,76,97)(H,77,100)(H,78,93)(H,83,84)(H,85,86)(H,87,88)(H,89,90);(H,6,7)/t31-,32-,33-,35-,36-,37-,38-,39-,40-,41-,42-,43-,50-,51-;/m0./s1. The molecule has 0 radical (unpaired) electrons. The molecule has 0 spiro atoms. The van der Waals surface area contributed by atoms with Crippen molar-refractivity contribution in [1.82, 2.24) is 63.4 Å². The molecule has 109 heavy (non-hydrogen) atoms. The highest BCUT2D eigenvalue weighted by Gasteiger charge is 2.42. The first-order chi connectivity index (χ1) is 50.9. The number of aliphatic hydroxyl groups is 1. The minimum Gasteiger partial charge on any atom is -0.481 e. The van der Waals surface area contributed by atoms with Gasteiger partial charge >= 0.3 is 36.0 Å². The lowest BCUT2D eigenvalue weighted by molar-refractivity contribution is -0.192. The van der Waals surface area contributed by atoms with Gasteiger partial charge in [0.15, 0.2) is 0 Å². The van der Waals surface area contributed by atoms with Crippen LogP contribution < -0.4 is 81.4 Å². The fourth-order valence-corrected chi connectivity index (χ4v) is 10.3. The summed E-state index contributed by atoms with van der Waals surface area (Å²) < 4.78 is 31.7. The number of primary amides is 2. The number of nitrogens with zero attached hydrogens (tertiary/aromatic N) is 1. The SMILES string of the molecule is CC[C@H](C)[C@H](NC(=O)[C@@H]1CCCN1C(=O)[C@H](Cc1ccccc1)NC(=O)[C@H](CCCCN)NC(=O)[C@H](C)NC(=O)[C@H](CO)NC(=O)[C@H](CC(N)=O)NC(=O)[C@H](CCC(=O)O)NC(=O)[C@H](CCC(=O)O)NC(=O)[C@H](CC(=O)O)NC(=O)CNC(=O)[C@@H](NC(=O)[C@@H](N)CCC(=O)O)[C@@H](C)CC)C(N)=O.O=C(O)C(F)(F)F. The highest BCUT2D eigenvalue weighted by Crippen LogP contribution is 2.22. The molecular weight excluding hydrogens is 1460 g/mol. The molecule has 25 N–H and O–H groups in total. The molecular formula is C65H99F3N16O25. The molecule has 1 aliphatic heterocycles. The van der Waals surface area contributed by atoms with Crippen molar-refractivity contribution < 1.29 is 135 Å². The Morgan fingerprint density at radius 2 is 0.972 bits per heavy atom. The van der Waals surface area contributed by atoms with E-state index in [9.17, 15) is 120 Å². The Morgan fingerprint density at radius 3 is 1.44 bits per heavy atom. The summed E-state index contributed by atoms with van der Waals surface area (Å²) in [4.78, 5) is 246. The van der Waals surface area contributed by atoms with E-state index in [1.807, 2.05) is 12.2 Å². The third-order valence-electron chi connectivity index (χ3n) is 16.8. The average molecular weight is 1560 g/mol. The number of alkyl halides is 3. The summed E-state index contributed by atoms with van der Waals surface area (Å²) >= 11 is 0. The largest absolute Gasteiger partial charge is 0.490 e. The van der Waals surface area contributed by atoms with E-state index in [0.717, 1.165) is 6.92 Å². The Kier molecular flexibility index (Phi) is 42.4. The number of likely N-dealkylation sites (tertiary alicyclic amines) is 1. The number of benzene rings is 1. The lowest BCUT2D eigenvalue weighted by Gasteiger charge is -2.31. The maximum absolute atomic E-state index is 14.5. The monoisotopic (exact) mass is 1560 g/mol. The highest BCUT2D eigenvalue weighted by atomic mass is 19.4. The lowest BCUT2D eigenvalue weighted by Crippen LogP contribution is -2.61. The van der Waals surface area contributed by atoms with Crippen LogP contribution in [-0.2, 0) is 97.5 Å². The summed E-state index contributed by atoms with van der Waals surface area (Å²) in [5, 5.41) is 80.3. The van der Waals surface area contributed by atoms with Gasteiger partial charge in [-0.1, -0.05) is 70.9 Å². The smallest absolute Gasteiger partial charge is 0.481 e. The van der Waals surface area contributed by atoms with Crippen LogP contribution in [0.5, 0.6) is 0 Å². The fraction of sp³-hybridized carbons (Fsp3) is 0.615. The van der Waals surface area contributed by atoms with Crippen LogP contribution in [0.15, 0.2) is 30.3 Å². The van der Waals surface area contributed by atoms with Gasteiger partial charge in [-0.2, -0.15) is 13.2 Å². The van der Waals surface area contributed by atoms with Crippen molar-refractivity contribution in [2.45, 2.75) is 216 Å². The van der Waals surface area contributed by atoms with Gasteiger partial charge < -0.3 is 117 Å². The normalized spacial score (nSPS) is 16.0. The number of carbonyl (C=O) groups excluding carboxylic acids is 14. The van der Waals surface area contributed by atoms with E-state index in [0.29, 0.717) is 31.2 Å². The molecule has 1 aromatic carbocycles. The maximum Gasteiger partial charge on any atom is 0.490 e. The van der Waals surface area contributed by atoms with Gasteiger partial charge in [-0.25, -0.2) is 4.79 Å². The van der Waals surface area contributed by atoms with Crippen LogP contribution in [0.25, 0.3) is 0 Å². The maximum atomic E-state index is 14.5. The number of aliphatic carboxylic acids is 5. The number of nitrogens with one attached hydrogen (secondary N) is 11. The summed E-state index contributed by atoms with van der Waals surface area (Å²) in [7, 11) is 0. The van der Waals surface area contributed by atoms with E-state index in [1.165, 1.54) is 4.90 Å². The van der Waals surface area contributed by atoms with Gasteiger partial charge in [0.1, 0.15) is 66.5 Å². The fourth-order valence-electron chi connectivity index (χ4n) is 10.3.